The predicted molar refractivity (Wildman–Crippen MR) is 75.6 cm³/mol. The van der Waals surface area contributed by atoms with Gasteiger partial charge in [-0.3, -0.25) is 9.59 Å². The minimum atomic E-state index is -0.578. The van der Waals surface area contributed by atoms with Crippen LogP contribution in [0.3, 0.4) is 0 Å². The Morgan fingerprint density at radius 2 is 1.91 bits per heavy atom. The lowest BCUT2D eigenvalue weighted by atomic mass is 10.0. The van der Waals surface area contributed by atoms with E-state index in [4.69, 9.17) is 9.26 Å². The van der Waals surface area contributed by atoms with Gasteiger partial charge in [-0.2, -0.15) is 0 Å². The number of aromatic nitrogens is 1. The van der Waals surface area contributed by atoms with Gasteiger partial charge in [0.15, 0.2) is 12.3 Å². The molecule has 0 aromatic carbocycles. The van der Waals surface area contributed by atoms with Crippen LogP contribution >= 0.6 is 0 Å². The van der Waals surface area contributed by atoms with E-state index in [1.165, 1.54) is 4.90 Å². The molecular formula is C15H17N3O5. The van der Waals surface area contributed by atoms with Gasteiger partial charge in [0, 0.05) is 31.1 Å². The van der Waals surface area contributed by atoms with E-state index in [9.17, 15) is 14.4 Å². The molecule has 8 nitrogen and oxygen atoms in total. The van der Waals surface area contributed by atoms with E-state index in [0.717, 1.165) is 18.6 Å². The lowest BCUT2D eigenvalue weighted by molar-refractivity contribution is -0.127. The Labute approximate surface area is 132 Å². The SMILES string of the molecule is O=C(c1cc(C2CC2)on1)N1CCC(N2C(=O)COC2=O)CC1. The molecule has 3 fully saturated rings. The number of carbonyl (C=O) groups is 3. The van der Waals surface area contributed by atoms with Crippen molar-refractivity contribution in [3.8, 4) is 0 Å². The molecule has 3 amide bonds. The van der Waals surface area contributed by atoms with Crippen LogP contribution in [0.15, 0.2) is 10.6 Å². The number of hydrogen-bond acceptors (Lipinski definition) is 6. The fourth-order valence-electron chi connectivity index (χ4n) is 3.16. The minimum Gasteiger partial charge on any atom is -0.439 e. The van der Waals surface area contributed by atoms with Gasteiger partial charge in [0.1, 0.15) is 5.76 Å². The number of ether oxygens (including phenoxy) is 1. The number of cyclic esters (lactones) is 1. The highest BCUT2D eigenvalue weighted by atomic mass is 16.6. The van der Waals surface area contributed by atoms with Crippen LogP contribution in [0.5, 0.6) is 0 Å². The number of rotatable bonds is 3. The highest BCUT2D eigenvalue weighted by Crippen LogP contribution is 2.40. The van der Waals surface area contributed by atoms with Crippen molar-refractivity contribution >= 4 is 17.9 Å². The highest BCUT2D eigenvalue weighted by Gasteiger charge is 2.39. The molecule has 1 aromatic rings. The Kier molecular flexibility index (Phi) is 3.32. The highest BCUT2D eigenvalue weighted by molar-refractivity contribution is 5.98. The number of likely N-dealkylation sites (tertiary alicyclic amines) is 1. The molecule has 0 N–H and O–H groups in total. The molecule has 23 heavy (non-hydrogen) atoms. The third-order valence-electron chi connectivity index (χ3n) is 4.63. The number of imide groups is 1. The van der Waals surface area contributed by atoms with Crippen molar-refractivity contribution in [2.75, 3.05) is 19.7 Å². The normalized spacial score (nSPS) is 22.6. The van der Waals surface area contributed by atoms with Crippen molar-refractivity contribution in [2.45, 2.75) is 37.6 Å². The maximum atomic E-state index is 12.4. The minimum absolute atomic E-state index is 0.158. The first kappa shape index (κ1) is 14.2. The van der Waals surface area contributed by atoms with Crippen molar-refractivity contribution in [1.29, 1.82) is 0 Å². The van der Waals surface area contributed by atoms with E-state index in [-0.39, 0.29) is 24.5 Å². The lowest BCUT2D eigenvalue weighted by Crippen LogP contribution is -2.48. The Bertz CT molecular complexity index is 642. The van der Waals surface area contributed by atoms with Crippen LogP contribution in [0, 0.1) is 0 Å². The Hall–Kier alpha value is -2.38. The summed E-state index contributed by atoms with van der Waals surface area (Å²) in [5.74, 6) is 0.746. The first-order valence-corrected chi connectivity index (χ1v) is 7.88. The van der Waals surface area contributed by atoms with Crippen molar-refractivity contribution < 1.29 is 23.6 Å². The van der Waals surface area contributed by atoms with Crippen LogP contribution in [-0.4, -0.2) is 58.6 Å². The Balaban J connectivity index is 1.37. The number of amides is 3. The monoisotopic (exact) mass is 319 g/mol. The van der Waals surface area contributed by atoms with Crippen LogP contribution in [0.25, 0.3) is 0 Å². The Morgan fingerprint density at radius 3 is 2.52 bits per heavy atom. The quantitative estimate of drug-likeness (QED) is 0.829. The van der Waals surface area contributed by atoms with Crippen molar-refractivity contribution in [1.82, 2.24) is 15.0 Å². The van der Waals surface area contributed by atoms with Gasteiger partial charge in [0.25, 0.3) is 11.8 Å². The second kappa shape index (κ2) is 5.36. The van der Waals surface area contributed by atoms with Crippen molar-refractivity contribution in [3.63, 3.8) is 0 Å². The molecule has 3 aliphatic rings. The van der Waals surface area contributed by atoms with Crippen LogP contribution in [-0.2, 0) is 9.53 Å². The summed E-state index contributed by atoms with van der Waals surface area (Å²) in [5.41, 5.74) is 0.335. The molecule has 1 aromatic heterocycles. The second-order valence-corrected chi connectivity index (χ2v) is 6.23. The third-order valence-corrected chi connectivity index (χ3v) is 4.63. The van der Waals surface area contributed by atoms with Gasteiger partial charge >= 0.3 is 6.09 Å². The molecular weight excluding hydrogens is 302 g/mol. The molecule has 1 aliphatic carbocycles. The van der Waals surface area contributed by atoms with Crippen LogP contribution in [0.4, 0.5) is 4.79 Å². The van der Waals surface area contributed by atoms with E-state index in [1.807, 2.05) is 0 Å². The first-order chi connectivity index (χ1) is 11.1. The van der Waals surface area contributed by atoms with Gasteiger partial charge in [-0.15, -0.1) is 0 Å². The van der Waals surface area contributed by atoms with E-state index in [0.29, 0.717) is 37.5 Å². The first-order valence-electron chi connectivity index (χ1n) is 7.88. The van der Waals surface area contributed by atoms with Crippen molar-refractivity contribution in [2.24, 2.45) is 0 Å². The fourth-order valence-corrected chi connectivity index (χ4v) is 3.16. The van der Waals surface area contributed by atoms with Gasteiger partial charge in [-0.05, 0) is 25.7 Å². The van der Waals surface area contributed by atoms with Gasteiger partial charge in [-0.1, -0.05) is 5.16 Å². The maximum absolute atomic E-state index is 12.4. The fraction of sp³-hybridized carbons (Fsp3) is 0.600. The zero-order valence-electron chi connectivity index (χ0n) is 12.6. The summed E-state index contributed by atoms with van der Waals surface area (Å²) in [6, 6.07) is 1.54. The number of carbonyl (C=O) groups excluding carboxylic acids is 3. The number of piperidine rings is 1. The standard InChI is InChI=1S/C15H17N3O5/c19-13-8-22-15(21)18(13)10-3-5-17(6-4-10)14(20)11-7-12(23-16-11)9-1-2-9/h7,9-10H,1-6,8H2. The van der Waals surface area contributed by atoms with Crippen LogP contribution < -0.4 is 0 Å². The molecule has 8 heteroatoms. The molecule has 2 aliphatic heterocycles. The van der Waals surface area contributed by atoms with Crippen molar-refractivity contribution in [3.05, 3.63) is 17.5 Å². The summed E-state index contributed by atoms with van der Waals surface area (Å²) in [6.45, 7) is 0.777. The van der Waals surface area contributed by atoms with E-state index in [1.54, 1.807) is 11.0 Å². The molecule has 1 saturated carbocycles. The molecule has 0 bridgehead atoms. The molecule has 0 spiro atoms. The van der Waals surface area contributed by atoms with Gasteiger partial charge in [-0.25, -0.2) is 9.69 Å². The number of hydrogen-bond donors (Lipinski definition) is 0. The summed E-state index contributed by atoms with van der Waals surface area (Å²) in [6.07, 6.45) is 2.72. The average Bonchev–Trinajstić information content (AvgIpc) is 3.20. The zero-order chi connectivity index (χ0) is 16.0. The zero-order valence-corrected chi connectivity index (χ0v) is 12.6. The predicted octanol–water partition coefficient (Wildman–Crippen LogP) is 1.14. The van der Waals surface area contributed by atoms with E-state index < -0.39 is 6.09 Å². The largest absolute Gasteiger partial charge is 0.439 e. The van der Waals surface area contributed by atoms with Gasteiger partial charge < -0.3 is 14.2 Å². The molecule has 0 unspecified atom stereocenters. The maximum Gasteiger partial charge on any atom is 0.417 e. The van der Waals surface area contributed by atoms with E-state index in [2.05, 4.69) is 5.16 Å². The Morgan fingerprint density at radius 1 is 1.17 bits per heavy atom. The number of nitrogens with zero attached hydrogens (tertiary/aromatic N) is 3. The van der Waals surface area contributed by atoms with Crippen LogP contribution in [0.1, 0.15) is 47.8 Å². The molecule has 0 atom stereocenters. The molecule has 4 rings (SSSR count). The average molecular weight is 319 g/mol. The summed E-state index contributed by atoms with van der Waals surface area (Å²) in [4.78, 5) is 38.6. The molecule has 0 radical (unpaired) electrons. The smallest absolute Gasteiger partial charge is 0.417 e. The van der Waals surface area contributed by atoms with E-state index >= 15 is 0 Å². The van der Waals surface area contributed by atoms with Gasteiger partial charge in [0.05, 0.1) is 0 Å². The lowest BCUT2D eigenvalue weighted by Gasteiger charge is -2.34. The summed E-state index contributed by atoms with van der Waals surface area (Å²) >= 11 is 0. The third kappa shape index (κ3) is 2.58. The summed E-state index contributed by atoms with van der Waals surface area (Å²) in [5, 5.41) is 3.87. The molecule has 122 valence electrons. The summed E-state index contributed by atoms with van der Waals surface area (Å²) < 4.78 is 9.96. The molecule has 3 heterocycles. The molecule has 2 saturated heterocycles. The topological polar surface area (TPSA) is 93.0 Å². The van der Waals surface area contributed by atoms with Crippen LogP contribution in [0.2, 0.25) is 0 Å². The second-order valence-electron chi connectivity index (χ2n) is 6.23. The van der Waals surface area contributed by atoms with Gasteiger partial charge in [0.2, 0.25) is 0 Å². The summed E-state index contributed by atoms with van der Waals surface area (Å²) in [7, 11) is 0.